The summed E-state index contributed by atoms with van der Waals surface area (Å²) in [7, 11) is 1.58. The molecule has 136 valence electrons. The lowest BCUT2D eigenvalue weighted by Crippen LogP contribution is -2.00. The van der Waals surface area contributed by atoms with Gasteiger partial charge >= 0.3 is 0 Å². The van der Waals surface area contributed by atoms with Crippen molar-refractivity contribution in [3.05, 3.63) is 53.3 Å². The van der Waals surface area contributed by atoms with Crippen LogP contribution in [-0.2, 0) is 0 Å². The quantitative estimate of drug-likeness (QED) is 0.582. The maximum atomic E-state index is 12.4. The first-order valence-corrected chi connectivity index (χ1v) is 8.70. The highest BCUT2D eigenvalue weighted by Crippen LogP contribution is 2.35. The number of phenols is 1. The van der Waals surface area contributed by atoms with Gasteiger partial charge < -0.3 is 19.3 Å². The number of carbonyl (C=O) groups excluding carboxylic acids is 1. The van der Waals surface area contributed by atoms with Crippen LogP contribution in [0.15, 0.2) is 42.2 Å². The molecular formula is C21H22O5. The number of Topliss-reactive ketones (excluding diaryl/α,β-unsaturated/α-hetero) is 1. The minimum atomic E-state index is -0.209. The van der Waals surface area contributed by atoms with E-state index >= 15 is 0 Å². The van der Waals surface area contributed by atoms with Crippen molar-refractivity contribution in [1.82, 2.24) is 0 Å². The van der Waals surface area contributed by atoms with E-state index in [1.807, 2.05) is 12.1 Å². The smallest absolute Gasteiger partial charge is 0.231 e. The first kappa shape index (κ1) is 17.9. The molecule has 0 unspecified atom stereocenters. The van der Waals surface area contributed by atoms with Crippen molar-refractivity contribution >= 4 is 11.9 Å². The minimum Gasteiger partial charge on any atom is -0.508 e. The van der Waals surface area contributed by atoms with E-state index in [1.54, 1.807) is 25.3 Å². The number of benzene rings is 2. The molecule has 0 aromatic heterocycles. The molecule has 1 N–H and O–H groups in total. The number of unbranched alkanes of at least 4 members (excludes halogenated alkanes) is 2. The van der Waals surface area contributed by atoms with Gasteiger partial charge in [-0.05, 0) is 42.3 Å². The third kappa shape index (κ3) is 3.82. The maximum absolute atomic E-state index is 12.4. The minimum absolute atomic E-state index is 0.0593. The Morgan fingerprint density at radius 2 is 1.96 bits per heavy atom. The Bertz CT molecular complexity index is 838. The monoisotopic (exact) mass is 354 g/mol. The summed E-state index contributed by atoms with van der Waals surface area (Å²) < 4.78 is 16.7. The van der Waals surface area contributed by atoms with Crippen molar-refractivity contribution in [1.29, 1.82) is 0 Å². The predicted molar refractivity (Wildman–Crippen MR) is 99.1 cm³/mol. The lowest BCUT2D eigenvalue weighted by Gasteiger charge is -2.11. The molecule has 0 spiro atoms. The summed E-state index contributed by atoms with van der Waals surface area (Å²) in [6.07, 6.45) is 4.92. The first-order chi connectivity index (χ1) is 12.6. The summed E-state index contributed by atoms with van der Waals surface area (Å²) in [5.74, 6) is 1.71. The van der Waals surface area contributed by atoms with Crippen LogP contribution in [0.5, 0.6) is 23.0 Å². The molecule has 0 atom stereocenters. The first-order valence-electron chi connectivity index (χ1n) is 8.70. The van der Waals surface area contributed by atoms with Crippen LogP contribution in [0.1, 0.15) is 42.1 Å². The molecule has 0 aliphatic carbocycles. The SMILES string of the molecule is CCCCCOc1ccc(C=C2Oc3cc(O)ccc3C2=O)cc1OC. The summed E-state index contributed by atoms with van der Waals surface area (Å²) in [4.78, 5) is 12.4. The van der Waals surface area contributed by atoms with Gasteiger partial charge in [0.15, 0.2) is 17.3 Å². The zero-order chi connectivity index (χ0) is 18.5. The molecule has 0 saturated carbocycles. The standard InChI is InChI=1S/C21H22O5/c1-3-4-5-10-25-17-9-6-14(11-19(17)24-2)12-20-21(23)16-8-7-15(22)13-18(16)26-20/h6-9,11-13,22H,3-5,10H2,1-2H3. The largest absolute Gasteiger partial charge is 0.508 e. The third-order valence-corrected chi connectivity index (χ3v) is 4.14. The van der Waals surface area contributed by atoms with Crippen LogP contribution in [0.25, 0.3) is 6.08 Å². The van der Waals surface area contributed by atoms with Crippen LogP contribution in [0.4, 0.5) is 0 Å². The second-order valence-corrected chi connectivity index (χ2v) is 6.09. The lowest BCUT2D eigenvalue weighted by atomic mass is 10.1. The molecule has 0 amide bonds. The van der Waals surface area contributed by atoms with E-state index in [2.05, 4.69) is 6.92 Å². The van der Waals surface area contributed by atoms with Gasteiger partial charge in [0.2, 0.25) is 5.78 Å². The molecule has 2 aromatic rings. The average molecular weight is 354 g/mol. The molecule has 2 aromatic carbocycles. The molecule has 3 rings (SSSR count). The Hall–Kier alpha value is -2.95. The Morgan fingerprint density at radius 1 is 1.12 bits per heavy atom. The number of fused-ring (bicyclic) bond motifs is 1. The van der Waals surface area contributed by atoms with E-state index < -0.39 is 0 Å². The fourth-order valence-corrected chi connectivity index (χ4v) is 2.75. The maximum Gasteiger partial charge on any atom is 0.231 e. The zero-order valence-corrected chi connectivity index (χ0v) is 15.0. The highest BCUT2D eigenvalue weighted by atomic mass is 16.5. The Kier molecular flexibility index (Phi) is 5.46. The molecule has 0 fully saturated rings. The molecule has 0 bridgehead atoms. The van der Waals surface area contributed by atoms with Gasteiger partial charge in [0, 0.05) is 6.07 Å². The summed E-state index contributed by atoms with van der Waals surface area (Å²) in [5, 5.41) is 9.52. The van der Waals surface area contributed by atoms with Crippen LogP contribution in [-0.4, -0.2) is 24.6 Å². The molecule has 1 heterocycles. The Balaban J connectivity index is 1.78. The third-order valence-electron chi connectivity index (χ3n) is 4.14. The van der Waals surface area contributed by atoms with Gasteiger partial charge in [-0.2, -0.15) is 0 Å². The molecule has 5 heteroatoms. The van der Waals surface area contributed by atoms with E-state index in [9.17, 15) is 9.90 Å². The molecule has 1 aliphatic heterocycles. The van der Waals surface area contributed by atoms with E-state index in [1.165, 1.54) is 12.1 Å². The van der Waals surface area contributed by atoms with Crippen LogP contribution in [0, 0.1) is 0 Å². The molecule has 26 heavy (non-hydrogen) atoms. The second kappa shape index (κ2) is 7.95. The van der Waals surface area contributed by atoms with E-state index in [0.717, 1.165) is 24.8 Å². The number of phenolic OH excluding ortho intramolecular Hbond substituents is 1. The fourth-order valence-electron chi connectivity index (χ4n) is 2.75. The fraction of sp³-hybridized carbons (Fsp3) is 0.286. The summed E-state index contributed by atoms with van der Waals surface area (Å²) in [6, 6.07) is 9.94. The number of ketones is 1. The topological polar surface area (TPSA) is 65.0 Å². The van der Waals surface area contributed by atoms with Gasteiger partial charge in [0.1, 0.15) is 11.5 Å². The van der Waals surface area contributed by atoms with Gasteiger partial charge in [-0.25, -0.2) is 0 Å². The van der Waals surface area contributed by atoms with Crippen molar-refractivity contribution < 1.29 is 24.1 Å². The number of aromatic hydroxyl groups is 1. The van der Waals surface area contributed by atoms with Gasteiger partial charge in [-0.3, -0.25) is 4.79 Å². The van der Waals surface area contributed by atoms with Gasteiger partial charge in [-0.15, -0.1) is 0 Å². The second-order valence-electron chi connectivity index (χ2n) is 6.09. The van der Waals surface area contributed by atoms with Crippen LogP contribution in [0.3, 0.4) is 0 Å². The van der Waals surface area contributed by atoms with Gasteiger partial charge in [0.25, 0.3) is 0 Å². The van der Waals surface area contributed by atoms with Crippen molar-refractivity contribution in [2.75, 3.05) is 13.7 Å². The summed E-state index contributed by atoms with van der Waals surface area (Å²) in [6.45, 7) is 2.79. The van der Waals surface area contributed by atoms with E-state index in [-0.39, 0.29) is 17.3 Å². The Labute approximate surface area is 152 Å². The van der Waals surface area contributed by atoms with Crippen molar-refractivity contribution in [3.8, 4) is 23.0 Å². The molecule has 1 aliphatic rings. The highest BCUT2D eigenvalue weighted by molar-refractivity contribution is 6.14. The number of carbonyl (C=O) groups is 1. The number of hydrogen-bond acceptors (Lipinski definition) is 5. The van der Waals surface area contributed by atoms with Crippen LogP contribution in [0.2, 0.25) is 0 Å². The van der Waals surface area contributed by atoms with Gasteiger partial charge in [0.05, 0.1) is 19.3 Å². The summed E-state index contributed by atoms with van der Waals surface area (Å²) in [5.41, 5.74) is 1.21. The average Bonchev–Trinajstić information content (AvgIpc) is 2.94. The number of ether oxygens (including phenoxy) is 3. The highest BCUT2D eigenvalue weighted by Gasteiger charge is 2.27. The molecular weight excluding hydrogens is 332 g/mol. The lowest BCUT2D eigenvalue weighted by molar-refractivity contribution is 0.101. The van der Waals surface area contributed by atoms with E-state index in [4.69, 9.17) is 14.2 Å². The van der Waals surface area contributed by atoms with Crippen molar-refractivity contribution in [2.45, 2.75) is 26.2 Å². The number of allylic oxidation sites excluding steroid dienone is 1. The zero-order valence-electron chi connectivity index (χ0n) is 15.0. The number of rotatable bonds is 7. The molecule has 5 nitrogen and oxygen atoms in total. The Morgan fingerprint density at radius 3 is 2.73 bits per heavy atom. The number of hydrogen-bond donors (Lipinski definition) is 1. The van der Waals surface area contributed by atoms with E-state index in [0.29, 0.717) is 29.4 Å². The molecule has 0 radical (unpaired) electrons. The molecule has 0 saturated heterocycles. The van der Waals surface area contributed by atoms with Crippen LogP contribution < -0.4 is 14.2 Å². The summed E-state index contributed by atoms with van der Waals surface area (Å²) >= 11 is 0. The normalized spacial score (nSPS) is 14.2. The van der Waals surface area contributed by atoms with Crippen molar-refractivity contribution in [2.24, 2.45) is 0 Å². The van der Waals surface area contributed by atoms with Crippen LogP contribution >= 0.6 is 0 Å². The number of methoxy groups -OCH3 is 1. The van der Waals surface area contributed by atoms with Crippen molar-refractivity contribution in [3.63, 3.8) is 0 Å². The predicted octanol–water partition coefficient (Wildman–Crippen LogP) is 4.59. The van der Waals surface area contributed by atoms with Gasteiger partial charge in [-0.1, -0.05) is 25.8 Å².